The second-order valence-corrected chi connectivity index (χ2v) is 8.22. The molecule has 0 radical (unpaired) electrons. The number of hydrogen-bond acceptors (Lipinski definition) is 2. The summed E-state index contributed by atoms with van der Waals surface area (Å²) in [6.07, 6.45) is 3.47. The number of amides is 1. The van der Waals surface area contributed by atoms with Gasteiger partial charge in [-0.1, -0.05) is 82.7 Å². The third kappa shape index (κ3) is 4.70. The molecule has 0 spiro atoms. The molecule has 0 bridgehead atoms. The minimum atomic E-state index is -0.272. The molecule has 3 nitrogen and oxygen atoms in total. The van der Waals surface area contributed by atoms with Crippen molar-refractivity contribution in [1.29, 1.82) is 0 Å². The Morgan fingerprint density at radius 2 is 1.62 bits per heavy atom. The molecule has 0 aromatic heterocycles. The fourth-order valence-electron chi connectivity index (χ4n) is 3.94. The first-order valence-electron chi connectivity index (χ1n) is 10.0. The standard InChI is InChI=1S/C25H24BrNO2/c26-23-12-7-13-24-22(23)17-16-21(15-14-19-8-3-1-4-9-19)27(24)25(28)29-18-20-10-5-2-6-11-20/h1-13,21H,14-18H2. The molecule has 0 N–H and O–H groups in total. The summed E-state index contributed by atoms with van der Waals surface area (Å²) in [5.74, 6) is 0. The van der Waals surface area contributed by atoms with Crippen LogP contribution >= 0.6 is 15.9 Å². The van der Waals surface area contributed by atoms with Crippen molar-refractivity contribution >= 4 is 27.7 Å². The number of nitrogens with zero attached hydrogens (tertiary/aromatic N) is 1. The van der Waals surface area contributed by atoms with E-state index in [2.05, 4.69) is 40.2 Å². The molecule has 3 aromatic rings. The van der Waals surface area contributed by atoms with Gasteiger partial charge >= 0.3 is 6.09 Å². The molecular weight excluding hydrogens is 426 g/mol. The van der Waals surface area contributed by atoms with E-state index in [9.17, 15) is 4.79 Å². The number of carbonyl (C=O) groups is 1. The van der Waals surface area contributed by atoms with Gasteiger partial charge in [-0.05, 0) is 54.5 Å². The number of anilines is 1. The van der Waals surface area contributed by atoms with Gasteiger partial charge in [0.2, 0.25) is 0 Å². The zero-order valence-electron chi connectivity index (χ0n) is 16.3. The number of ether oxygens (including phenoxy) is 1. The van der Waals surface area contributed by atoms with Crippen LogP contribution in [0, 0.1) is 0 Å². The van der Waals surface area contributed by atoms with Crippen LogP contribution in [0.25, 0.3) is 0 Å². The maximum atomic E-state index is 13.2. The first kappa shape index (κ1) is 19.7. The second-order valence-electron chi connectivity index (χ2n) is 7.36. The fraction of sp³-hybridized carbons (Fsp3) is 0.240. The largest absolute Gasteiger partial charge is 0.444 e. The van der Waals surface area contributed by atoms with Crippen LogP contribution in [0.3, 0.4) is 0 Å². The lowest BCUT2D eigenvalue weighted by molar-refractivity contribution is 0.143. The summed E-state index contributed by atoms with van der Waals surface area (Å²) in [5.41, 5.74) is 4.43. The molecule has 1 amide bonds. The zero-order chi connectivity index (χ0) is 20.1. The maximum absolute atomic E-state index is 13.2. The van der Waals surface area contributed by atoms with E-state index in [0.29, 0.717) is 0 Å². The van der Waals surface area contributed by atoms with E-state index in [-0.39, 0.29) is 18.7 Å². The molecule has 0 aliphatic carbocycles. The van der Waals surface area contributed by atoms with E-state index in [1.807, 2.05) is 59.5 Å². The van der Waals surface area contributed by atoms with Gasteiger partial charge in [-0.25, -0.2) is 4.79 Å². The fourth-order valence-corrected chi connectivity index (χ4v) is 4.50. The summed E-state index contributed by atoms with van der Waals surface area (Å²) in [6.45, 7) is 0.283. The molecule has 0 fully saturated rings. The van der Waals surface area contributed by atoms with Crippen LogP contribution in [0.5, 0.6) is 0 Å². The number of carbonyl (C=O) groups excluding carboxylic acids is 1. The van der Waals surface area contributed by atoms with Crippen LogP contribution in [-0.2, 0) is 24.2 Å². The Bertz CT molecular complexity index is 959. The van der Waals surface area contributed by atoms with Crippen LogP contribution in [0.15, 0.2) is 83.3 Å². The highest BCUT2D eigenvalue weighted by Crippen LogP contribution is 2.37. The molecule has 4 heteroatoms. The van der Waals surface area contributed by atoms with Gasteiger partial charge in [0.25, 0.3) is 0 Å². The Labute approximate surface area is 180 Å². The molecule has 0 saturated heterocycles. The van der Waals surface area contributed by atoms with Crippen molar-refractivity contribution in [1.82, 2.24) is 0 Å². The van der Waals surface area contributed by atoms with E-state index < -0.39 is 0 Å². The Morgan fingerprint density at radius 1 is 0.931 bits per heavy atom. The Balaban J connectivity index is 1.54. The average molecular weight is 450 g/mol. The number of fused-ring (bicyclic) bond motifs is 1. The van der Waals surface area contributed by atoms with E-state index in [1.165, 1.54) is 11.1 Å². The van der Waals surface area contributed by atoms with Crippen molar-refractivity contribution in [2.75, 3.05) is 4.90 Å². The highest BCUT2D eigenvalue weighted by Gasteiger charge is 2.32. The smallest absolute Gasteiger partial charge is 0.414 e. The highest BCUT2D eigenvalue weighted by molar-refractivity contribution is 9.10. The van der Waals surface area contributed by atoms with Crippen molar-refractivity contribution in [2.45, 2.75) is 38.3 Å². The van der Waals surface area contributed by atoms with Gasteiger partial charge in [-0.3, -0.25) is 4.90 Å². The van der Waals surface area contributed by atoms with Gasteiger partial charge in [-0.2, -0.15) is 0 Å². The zero-order valence-corrected chi connectivity index (χ0v) is 17.8. The van der Waals surface area contributed by atoms with E-state index in [0.717, 1.165) is 41.4 Å². The van der Waals surface area contributed by atoms with Gasteiger partial charge in [-0.15, -0.1) is 0 Å². The summed E-state index contributed by atoms with van der Waals surface area (Å²) in [4.78, 5) is 15.0. The SMILES string of the molecule is O=C(OCc1ccccc1)N1c2cccc(Br)c2CCC1CCc1ccccc1. The van der Waals surface area contributed by atoms with Gasteiger partial charge < -0.3 is 4.74 Å². The number of hydrogen-bond donors (Lipinski definition) is 0. The van der Waals surface area contributed by atoms with Gasteiger partial charge in [0.05, 0.1) is 5.69 Å². The first-order valence-corrected chi connectivity index (χ1v) is 10.8. The molecule has 1 unspecified atom stereocenters. The van der Waals surface area contributed by atoms with Gasteiger partial charge in [0.15, 0.2) is 0 Å². The molecular formula is C25H24BrNO2. The molecule has 29 heavy (non-hydrogen) atoms. The minimum Gasteiger partial charge on any atom is -0.444 e. The lowest BCUT2D eigenvalue weighted by Crippen LogP contribution is -2.44. The van der Waals surface area contributed by atoms with Crippen LogP contribution in [0.1, 0.15) is 29.5 Å². The van der Waals surface area contributed by atoms with Crippen molar-refractivity contribution in [2.24, 2.45) is 0 Å². The van der Waals surface area contributed by atoms with Crippen molar-refractivity contribution in [3.63, 3.8) is 0 Å². The Morgan fingerprint density at radius 3 is 2.34 bits per heavy atom. The second kappa shape index (κ2) is 9.27. The normalized spacial score (nSPS) is 15.6. The third-order valence-corrected chi connectivity index (χ3v) is 6.20. The Kier molecular flexibility index (Phi) is 6.30. The van der Waals surface area contributed by atoms with Gasteiger partial charge in [0.1, 0.15) is 6.61 Å². The molecule has 1 heterocycles. The van der Waals surface area contributed by atoms with E-state index >= 15 is 0 Å². The molecule has 1 aliphatic rings. The predicted octanol–water partition coefficient (Wildman–Crippen LogP) is 6.54. The van der Waals surface area contributed by atoms with Crippen molar-refractivity contribution in [3.8, 4) is 0 Å². The Hall–Kier alpha value is -2.59. The average Bonchev–Trinajstić information content (AvgIpc) is 2.77. The highest BCUT2D eigenvalue weighted by atomic mass is 79.9. The number of benzene rings is 3. The van der Waals surface area contributed by atoms with Crippen LogP contribution in [-0.4, -0.2) is 12.1 Å². The summed E-state index contributed by atoms with van der Waals surface area (Å²) < 4.78 is 6.77. The third-order valence-electron chi connectivity index (χ3n) is 5.46. The number of halogens is 1. The summed E-state index contributed by atoms with van der Waals surface area (Å²) in [6, 6.07) is 26.4. The number of rotatable bonds is 5. The summed E-state index contributed by atoms with van der Waals surface area (Å²) >= 11 is 3.65. The van der Waals surface area contributed by atoms with Crippen LogP contribution in [0.4, 0.5) is 10.5 Å². The van der Waals surface area contributed by atoms with Crippen molar-refractivity contribution < 1.29 is 9.53 Å². The maximum Gasteiger partial charge on any atom is 0.414 e. The molecule has 148 valence electrons. The summed E-state index contributed by atoms with van der Waals surface area (Å²) in [5, 5.41) is 0. The topological polar surface area (TPSA) is 29.5 Å². The summed E-state index contributed by atoms with van der Waals surface area (Å²) in [7, 11) is 0. The predicted molar refractivity (Wildman–Crippen MR) is 120 cm³/mol. The quantitative estimate of drug-likeness (QED) is 0.442. The molecule has 3 aromatic carbocycles. The molecule has 0 saturated carbocycles. The van der Waals surface area contributed by atoms with Crippen molar-refractivity contribution in [3.05, 3.63) is 100 Å². The van der Waals surface area contributed by atoms with E-state index in [4.69, 9.17) is 4.74 Å². The molecule has 4 rings (SSSR count). The van der Waals surface area contributed by atoms with Gasteiger partial charge in [0, 0.05) is 10.5 Å². The molecule has 1 atom stereocenters. The minimum absolute atomic E-state index is 0.125. The number of aryl methyl sites for hydroxylation is 1. The van der Waals surface area contributed by atoms with E-state index in [1.54, 1.807) is 0 Å². The first-order chi connectivity index (χ1) is 14.2. The monoisotopic (exact) mass is 449 g/mol. The van der Waals surface area contributed by atoms with Crippen LogP contribution in [0.2, 0.25) is 0 Å². The lowest BCUT2D eigenvalue weighted by atomic mass is 9.92. The van der Waals surface area contributed by atoms with Crippen LogP contribution < -0.4 is 4.90 Å². The lowest BCUT2D eigenvalue weighted by Gasteiger charge is -2.37. The molecule has 1 aliphatic heterocycles.